The molecule has 0 aliphatic heterocycles. The van der Waals surface area contributed by atoms with Crippen LogP contribution in [-0.2, 0) is 6.42 Å². The molecule has 3 N–H and O–H groups in total. The zero-order valence-electron chi connectivity index (χ0n) is 13.7. The lowest BCUT2D eigenvalue weighted by Crippen LogP contribution is -2.04. The van der Waals surface area contributed by atoms with E-state index in [4.69, 9.17) is 19.9 Å². The number of hydrogen-bond acceptors (Lipinski definition) is 5. The lowest BCUT2D eigenvalue weighted by molar-refractivity contribution is 0.168. The van der Waals surface area contributed by atoms with E-state index in [0.717, 1.165) is 11.1 Å². The zero-order valence-corrected chi connectivity index (χ0v) is 13.7. The van der Waals surface area contributed by atoms with E-state index in [2.05, 4.69) is 0 Å². The predicted octanol–water partition coefficient (Wildman–Crippen LogP) is 2.96. The highest BCUT2D eigenvalue weighted by Crippen LogP contribution is 2.38. The molecular formula is C18H23NO4. The summed E-state index contributed by atoms with van der Waals surface area (Å²) in [5, 5.41) is 10.3. The SMILES string of the molecule is COc1cc(CC[C@H](O)c2ccccc2N)cc(OC)c1OC. The molecule has 2 rings (SSSR count). The Kier molecular flexibility index (Phi) is 5.71. The van der Waals surface area contributed by atoms with E-state index < -0.39 is 6.10 Å². The summed E-state index contributed by atoms with van der Waals surface area (Å²) in [6, 6.07) is 11.1. The minimum atomic E-state index is -0.615. The number of nitrogen functional groups attached to an aromatic ring is 1. The normalized spacial score (nSPS) is 11.8. The van der Waals surface area contributed by atoms with Gasteiger partial charge in [-0.3, -0.25) is 0 Å². The molecule has 5 nitrogen and oxygen atoms in total. The van der Waals surface area contributed by atoms with Gasteiger partial charge in [-0.1, -0.05) is 18.2 Å². The van der Waals surface area contributed by atoms with Gasteiger partial charge in [-0.15, -0.1) is 0 Å². The molecule has 0 bridgehead atoms. The van der Waals surface area contributed by atoms with E-state index in [1.165, 1.54) is 0 Å². The fraction of sp³-hybridized carbons (Fsp3) is 0.333. The Labute approximate surface area is 136 Å². The second-order valence-electron chi connectivity index (χ2n) is 5.22. The molecule has 1 atom stereocenters. The smallest absolute Gasteiger partial charge is 0.203 e. The van der Waals surface area contributed by atoms with Crippen LogP contribution in [0.2, 0.25) is 0 Å². The van der Waals surface area contributed by atoms with Crippen LogP contribution in [0.25, 0.3) is 0 Å². The first-order valence-electron chi connectivity index (χ1n) is 7.42. The quantitative estimate of drug-likeness (QED) is 0.768. The lowest BCUT2D eigenvalue weighted by atomic mass is 9.99. The standard InChI is InChI=1S/C18H23NO4/c1-21-16-10-12(11-17(22-2)18(16)23-3)8-9-15(20)13-6-4-5-7-14(13)19/h4-7,10-11,15,20H,8-9,19H2,1-3H3/t15-/m0/s1. The van der Waals surface area contributed by atoms with Gasteiger partial charge >= 0.3 is 0 Å². The van der Waals surface area contributed by atoms with Crippen LogP contribution < -0.4 is 19.9 Å². The van der Waals surface area contributed by atoms with Crippen molar-refractivity contribution in [3.05, 3.63) is 47.5 Å². The van der Waals surface area contributed by atoms with Gasteiger partial charge < -0.3 is 25.1 Å². The summed E-state index contributed by atoms with van der Waals surface area (Å²) in [5.41, 5.74) is 8.25. The van der Waals surface area contributed by atoms with Gasteiger partial charge in [-0.2, -0.15) is 0 Å². The molecule has 0 aromatic heterocycles. The van der Waals surface area contributed by atoms with Crippen molar-refractivity contribution in [2.24, 2.45) is 0 Å². The van der Waals surface area contributed by atoms with Crippen molar-refractivity contribution < 1.29 is 19.3 Å². The maximum Gasteiger partial charge on any atom is 0.203 e. The van der Waals surface area contributed by atoms with E-state index in [-0.39, 0.29) is 0 Å². The third kappa shape index (κ3) is 3.87. The topological polar surface area (TPSA) is 73.9 Å². The van der Waals surface area contributed by atoms with Gasteiger partial charge in [0.05, 0.1) is 27.4 Å². The lowest BCUT2D eigenvalue weighted by Gasteiger charge is -2.16. The Hall–Kier alpha value is -2.40. The minimum absolute atomic E-state index is 0.548. The Morgan fingerprint density at radius 2 is 1.61 bits per heavy atom. The van der Waals surface area contributed by atoms with Crippen molar-refractivity contribution in [2.75, 3.05) is 27.1 Å². The number of benzene rings is 2. The third-order valence-electron chi connectivity index (χ3n) is 3.79. The molecule has 0 unspecified atom stereocenters. The minimum Gasteiger partial charge on any atom is -0.493 e. The Morgan fingerprint density at radius 1 is 1.00 bits per heavy atom. The highest BCUT2D eigenvalue weighted by molar-refractivity contribution is 5.54. The van der Waals surface area contributed by atoms with Gasteiger partial charge in [0, 0.05) is 11.3 Å². The van der Waals surface area contributed by atoms with E-state index in [9.17, 15) is 5.11 Å². The van der Waals surface area contributed by atoms with Crippen LogP contribution in [0.4, 0.5) is 5.69 Å². The van der Waals surface area contributed by atoms with Crippen LogP contribution in [0.5, 0.6) is 17.2 Å². The van der Waals surface area contributed by atoms with Gasteiger partial charge in [-0.05, 0) is 36.6 Å². The first-order valence-corrected chi connectivity index (χ1v) is 7.42. The molecular weight excluding hydrogens is 294 g/mol. The number of aryl methyl sites for hydroxylation is 1. The van der Waals surface area contributed by atoms with Gasteiger partial charge in [0.15, 0.2) is 11.5 Å². The molecule has 0 saturated heterocycles. The second kappa shape index (κ2) is 7.74. The fourth-order valence-corrected chi connectivity index (χ4v) is 2.55. The van der Waals surface area contributed by atoms with Crippen molar-refractivity contribution in [1.29, 1.82) is 0 Å². The maximum atomic E-state index is 10.3. The van der Waals surface area contributed by atoms with Crippen LogP contribution in [0.15, 0.2) is 36.4 Å². The van der Waals surface area contributed by atoms with E-state index in [1.54, 1.807) is 27.4 Å². The monoisotopic (exact) mass is 317 g/mol. The Morgan fingerprint density at radius 3 is 2.13 bits per heavy atom. The Balaban J connectivity index is 2.16. The van der Waals surface area contributed by atoms with Crippen molar-refractivity contribution in [2.45, 2.75) is 18.9 Å². The molecule has 0 spiro atoms. The number of para-hydroxylation sites is 1. The highest BCUT2D eigenvalue weighted by Gasteiger charge is 2.15. The molecule has 2 aromatic rings. The van der Waals surface area contributed by atoms with Crippen molar-refractivity contribution in [3.8, 4) is 17.2 Å². The van der Waals surface area contributed by atoms with Gasteiger partial charge in [0.25, 0.3) is 0 Å². The van der Waals surface area contributed by atoms with E-state index >= 15 is 0 Å². The maximum absolute atomic E-state index is 10.3. The number of methoxy groups -OCH3 is 3. The second-order valence-corrected chi connectivity index (χ2v) is 5.22. The number of aliphatic hydroxyl groups excluding tert-OH is 1. The third-order valence-corrected chi connectivity index (χ3v) is 3.79. The summed E-state index contributed by atoms with van der Waals surface area (Å²) >= 11 is 0. The molecule has 0 saturated carbocycles. The average Bonchev–Trinajstić information content (AvgIpc) is 2.58. The average molecular weight is 317 g/mol. The summed E-state index contributed by atoms with van der Waals surface area (Å²) in [5.74, 6) is 1.78. The van der Waals surface area contributed by atoms with Crippen molar-refractivity contribution in [1.82, 2.24) is 0 Å². The van der Waals surface area contributed by atoms with Gasteiger partial charge in [0.1, 0.15) is 0 Å². The molecule has 0 heterocycles. The first kappa shape index (κ1) is 17.0. The predicted molar refractivity (Wildman–Crippen MR) is 90.2 cm³/mol. The molecule has 0 aliphatic carbocycles. The van der Waals surface area contributed by atoms with Crippen LogP contribution in [0.3, 0.4) is 0 Å². The molecule has 124 valence electrons. The Bertz CT molecular complexity index is 632. The summed E-state index contributed by atoms with van der Waals surface area (Å²) in [6.07, 6.45) is 0.592. The molecule has 2 aromatic carbocycles. The van der Waals surface area contributed by atoms with E-state index in [1.807, 2.05) is 30.3 Å². The molecule has 23 heavy (non-hydrogen) atoms. The molecule has 5 heteroatoms. The number of rotatable bonds is 7. The summed E-state index contributed by atoms with van der Waals surface area (Å²) in [6.45, 7) is 0. The summed E-state index contributed by atoms with van der Waals surface area (Å²) < 4.78 is 16.0. The molecule has 0 fully saturated rings. The largest absolute Gasteiger partial charge is 0.493 e. The van der Waals surface area contributed by atoms with Crippen LogP contribution in [0.1, 0.15) is 23.7 Å². The van der Waals surface area contributed by atoms with Crippen LogP contribution in [0, 0.1) is 0 Å². The van der Waals surface area contributed by atoms with Crippen molar-refractivity contribution >= 4 is 5.69 Å². The molecule has 0 radical (unpaired) electrons. The van der Waals surface area contributed by atoms with Crippen molar-refractivity contribution in [3.63, 3.8) is 0 Å². The number of hydrogen-bond donors (Lipinski definition) is 2. The van der Waals surface area contributed by atoms with Gasteiger partial charge in [-0.25, -0.2) is 0 Å². The summed E-state index contributed by atoms with van der Waals surface area (Å²) in [4.78, 5) is 0. The van der Waals surface area contributed by atoms with Gasteiger partial charge in [0.2, 0.25) is 5.75 Å². The number of ether oxygens (including phenoxy) is 3. The van der Waals surface area contributed by atoms with Crippen LogP contribution >= 0.6 is 0 Å². The zero-order chi connectivity index (χ0) is 16.8. The number of aliphatic hydroxyl groups is 1. The molecule has 0 amide bonds. The highest BCUT2D eigenvalue weighted by atomic mass is 16.5. The fourth-order valence-electron chi connectivity index (χ4n) is 2.55. The first-order chi connectivity index (χ1) is 11.1. The number of nitrogens with two attached hydrogens (primary N) is 1. The molecule has 0 aliphatic rings. The number of anilines is 1. The summed E-state index contributed by atoms with van der Waals surface area (Å²) in [7, 11) is 4.74. The van der Waals surface area contributed by atoms with Crippen LogP contribution in [-0.4, -0.2) is 26.4 Å². The van der Waals surface area contributed by atoms with E-state index in [0.29, 0.717) is 35.8 Å².